The smallest absolute Gasteiger partial charge is 0.331 e. The first kappa shape index (κ1) is 16.2. The van der Waals surface area contributed by atoms with Crippen LogP contribution in [0.25, 0.3) is 6.08 Å². The Morgan fingerprint density at radius 3 is 2.55 bits per heavy atom. The molecule has 0 bridgehead atoms. The summed E-state index contributed by atoms with van der Waals surface area (Å²) in [6.45, 7) is 4.27. The van der Waals surface area contributed by atoms with Gasteiger partial charge in [-0.1, -0.05) is 37.6 Å². The van der Waals surface area contributed by atoms with Crippen molar-refractivity contribution in [1.29, 1.82) is 0 Å². The van der Waals surface area contributed by atoms with Crippen LogP contribution < -0.4 is 5.32 Å². The molecule has 108 valence electrons. The zero-order valence-electron chi connectivity index (χ0n) is 11.6. The van der Waals surface area contributed by atoms with Crippen molar-refractivity contribution in [2.75, 3.05) is 13.2 Å². The van der Waals surface area contributed by atoms with E-state index in [-0.39, 0.29) is 12.5 Å². The molecule has 0 aromatic heterocycles. The molecule has 0 unspecified atom stereocenters. The summed E-state index contributed by atoms with van der Waals surface area (Å²) < 4.78 is 4.82. The summed E-state index contributed by atoms with van der Waals surface area (Å²) in [4.78, 5) is 22.7. The van der Waals surface area contributed by atoms with E-state index >= 15 is 0 Å². The number of carbonyl (C=O) groups is 2. The third-order valence-corrected chi connectivity index (χ3v) is 2.59. The number of nitrogens with one attached hydrogen (secondary N) is 1. The van der Waals surface area contributed by atoms with Gasteiger partial charge >= 0.3 is 5.97 Å². The molecular formula is C15H18ClNO3. The number of halogens is 1. The largest absolute Gasteiger partial charge is 0.452 e. The Bertz CT molecular complexity index is 480. The highest BCUT2D eigenvalue weighted by Gasteiger charge is 2.05. The molecule has 5 heteroatoms. The minimum atomic E-state index is -0.556. The Balaban J connectivity index is 2.33. The first-order valence-corrected chi connectivity index (χ1v) is 6.72. The number of carbonyl (C=O) groups excluding carboxylic acids is 2. The predicted molar refractivity (Wildman–Crippen MR) is 79.3 cm³/mol. The molecule has 0 radical (unpaired) electrons. The minimum Gasteiger partial charge on any atom is -0.452 e. The second-order valence-electron chi connectivity index (χ2n) is 4.69. The van der Waals surface area contributed by atoms with Crippen molar-refractivity contribution in [3.05, 3.63) is 40.9 Å². The van der Waals surface area contributed by atoms with E-state index in [1.54, 1.807) is 30.3 Å². The Hall–Kier alpha value is -1.81. The van der Waals surface area contributed by atoms with Gasteiger partial charge in [-0.15, -0.1) is 0 Å². The Morgan fingerprint density at radius 2 is 1.95 bits per heavy atom. The average Bonchev–Trinajstić information content (AvgIpc) is 2.42. The fourth-order valence-electron chi connectivity index (χ4n) is 1.29. The molecule has 0 saturated carbocycles. The summed E-state index contributed by atoms with van der Waals surface area (Å²) in [6, 6.07) is 7.01. The molecule has 0 aliphatic carbocycles. The maximum absolute atomic E-state index is 11.4. The maximum Gasteiger partial charge on any atom is 0.331 e. The third-order valence-electron chi connectivity index (χ3n) is 2.33. The number of ether oxygens (including phenoxy) is 1. The zero-order chi connectivity index (χ0) is 15.0. The number of benzene rings is 1. The highest BCUT2D eigenvalue weighted by atomic mass is 35.5. The van der Waals surface area contributed by atoms with Gasteiger partial charge in [-0.2, -0.15) is 0 Å². The van der Waals surface area contributed by atoms with Crippen LogP contribution in [-0.4, -0.2) is 25.0 Å². The second-order valence-corrected chi connectivity index (χ2v) is 5.13. The van der Waals surface area contributed by atoms with Crippen LogP contribution in [0, 0.1) is 5.92 Å². The van der Waals surface area contributed by atoms with Crippen LogP contribution in [0.2, 0.25) is 5.02 Å². The summed E-state index contributed by atoms with van der Waals surface area (Å²) in [7, 11) is 0. The number of esters is 1. The normalized spacial score (nSPS) is 10.8. The van der Waals surface area contributed by atoms with Crippen molar-refractivity contribution in [2.24, 2.45) is 5.92 Å². The van der Waals surface area contributed by atoms with Crippen LogP contribution in [0.15, 0.2) is 30.3 Å². The van der Waals surface area contributed by atoms with E-state index in [2.05, 4.69) is 5.32 Å². The topological polar surface area (TPSA) is 55.4 Å². The molecule has 1 aromatic carbocycles. The van der Waals surface area contributed by atoms with Crippen molar-refractivity contribution < 1.29 is 14.3 Å². The van der Waals surface area contributed by atoms with Gasteiger partial charge in [0.15, 0.2) is 6.61 Å². The number of amides is 1. The molecule has 0 spiro atoms. The van der Waals surface area contributed by atoms with Crippen molar-refractivity contribution in [2.45, 2.75) is 13.8 Å². The van der Waals surface area contributed by atoms with E-state index in [4.69, 9.17) is 16.3 Å². The summed E-state index contributed by atoms with van der Waals surface area (Å²) in [5.41, 5.74) is 0.829. The number of hydrogen-bond donors (Lipinski definition) is 1. The lowest BCUT2D eigenvalue weighted by atomic mass is 10.2. The van der Waals surface area contributed by atoms with Gasteiger partial charge in [-0.25, -0.2) is 4.79 Å². The lowest BCUT2D eigenvalue weighted by Crippen LogP contribution is -2.31. The highest BCUT2D eigenvalue weighted by Crippen LogP contribution is 2.10. The van der Waals surface area contributed by atoms with E-state index in [1.807, 2.05) is 13.8 Å². The number of rotatable bonds is 6. The van der Waals surface area contributed by atoms with Gasteiger partial charge in [0.25, 0.3) is 5.91 Å². The standard InChI is InChI=1S/C15H18ClNO3/c1-11(2)9-17-14(18)10-20-15(19)8-5-12-3-6-13(16)7-4-12/h3-8,11H,9-10H2,1-2H3,(H,17,18). The Labute approximate surface area is 123 Å². The van der Waals surface area contributed by atoms with Crippen LogP contribution in [-0.2, 0) is 14.3 Å². The summed E-state index contributed by atoms with van der Waals surface area (Å²) in [5.74, 6) is -0.494. The van der Waals surface area contributed by atoms with Crippen molar-refractivity contribution >= 4 is 29.6 Å². The van der Waals surface area contributed by atoms with E-state index in [1.165, 1.54) is 6.08 Å². The summed E-state index contributed by atoms with van der Waals surface area (Å²) >= 11 is 5.75. The molecule has 4 nitrogen and oxygen atoms in total. The molecule has 0 aliphatic rings. The fourth-order valence-corrected chi connectivity index (χ4v) is 1.42. The fraction of sp³-hybridized carbons (Fsp3) is 0.333. The van der Waals surface area contributed by atoms with Gasteiger partial charge in [0.2, 0.25) is 0 Å². The van der Waals surface area contributed by atoms with Gasteiger partial charge in [-0.05, 0) is 29.7 Å². The Kier molecular flexibility index (Phi) is 6.81. The van der Waals surface area contributed by atoms with E-state index in [0.29, 0.717) is 17.5 Å². The van der Waals surface area contributed by atoms with Gasteiger partial charge in [0.1, 0.15) is 0 Å². The second kappa shape index (κ2) is 8.38. The van der Waals surface area contributed by atoms with Crippen LogP contribution >= 0.6 is 11.6 Å². The lowest BCUT2D eigenvalue weighted by molar-refractivity contribution is -0.143. The molecular weight excluding hydrogens is 278 g/mol. The van der Waals surface area contributed by atoms with Gasteiger partial charge < -0.3 is 10.1 Å². The first-order chi connectivity index (χ1) is 9.47. The average molecular weight is 296 g/mol. The van der Waals surface area contributed by atoms with Crippen LogP contribution in [0.3, 0.4) is 0 Å². The van der Waals surface area contributed by atoms with E-state index < -0.39 is 5.97 Å². The van der Waals surface area contributed by atoms with Crippen LogP contribution in [0.1, 0.15) is 19.4 Å². The zero-order valence-corrected chi connectivity index (χ0v) is 12.3. The van der Waals surface area contributed by atoms with E-state index in [0.717, 1.165) is 5.56 Å². The quantitative estimate of drug-likeness (QED) is 0.648. The summed E-state index contributed by atoms with van der Waals surface area (Å²) in [6.07, 6.45) is 2.88. The molecule has 0 aliphatic heterocycles. The van der Waals surface area contributed by atoms with Crippen molar-refractivity contribution in [3.63, 3.8) is 0 Å². The molecule has 20 heavy (non-hydrogen) atoms. The molecule has 0 fully saturated rings. The lowest BCUT2D eigenvalue weighted by Gasteiger charge is -2.07. The number of hydrogen-bond acceptors (Lipinski definition) is 3. The predicted octanol–water partition coefficient (Wildman–Crippen LogP) is 2.67. The molecule has 1 rings (SSSR count). The van der Waals surface area contributed by atoms with Crippen LogP contribution in [0.5, 0.6) is 0 Å². The maximum atomic E-state index is 11.4. The van der Waals surface area contributed by atoms with Crippen molar-refractivity contribution in [1.82, 2.24) is 5.32 Å². The van der Waals surface area contributed by atoms with Crippen molar-refractivity contribution in [3.8, 4) is 0 Å². The SMILES string of the molecule is CC(C)CNC(=O)COC(=O)C=Cc1ccc(Cl)cc1. The molecule has 1 aromatic rings. The van der Waals surface area contributed by atoms with E-state index in [9.17, 15) is 9.59 Å². The van der Waals surface area contributed by atoms with Gasteiger partial charge in [0.05, 0.1) is 0 Å². The summed E-state index contributed by atoms with van der Waals surface area (Å²) in [5, 5.41) is 3.29. The molecule has 1 N–H and O–H groups in total. The van der Waals surface area contributed by atoms with Gasteiger partial charge in [-0.3, -0.25) is 4.79 Å². The molecule has 1 amide bonds. The third kappa shape index (κ3) is 6.95. The Morgan fingerprint density at radius 1 is 1.30 bits per heavy atom. The molecule has 0 atom stereocenters. The minimum absolute atomic E-state index is 0.267. The first-order valence-electron chi connectivity index (χ1n) is 6.34. The molecule has 0 saturated heterocycles. The van der Waals surface area contributed by atoms with Gasteiger partial charge in [0, 0.05) is 17.6 Å². The monoisotopic (exact) mass is 295 g/mol. The highest BCUT2D eigenvalue weighted by molar-refractivity contribution is 6.30. The van der Waals surface area contributed by atoms with Crippen LogP contribution in [0.4, 0.5) is 0 Å². The molecule has 0 heterocycles.